The van der Waals surface area contributed by atoms with Crippen LogP contribution >= 0.6 is 11.6 Å². The van der Waals surface area contributed by atoms with Gasteiger partial charge in [-0.25, -0.2) is 9.18 Å². The molecule has 25 heavy (non-hydrogen) atoms. The number of carbonyl (C=O) groups excluding carboxylic acids is 1. The van der Waals surface area contributed by atoms with Gasteiger partial charge in [-0.3, -0.25) is 0 Å². The molecule has 1 aliphatic carbocycles. The Morgan fingerprint density at radius 1 is 1.04 bits per heavy atom. The number of hydrogen-bond acceptors (Lipinski definition) is 3. The van der Waals surface area contributed by atoms with Crippen molar-refractivity contribution in [2.45, 2.75) is 31.3 Å². The van der Waals surface area contributed by atoms with Gasteiger partial charge in [-0.05, 0) is 61.1 Å². The quantitative estimate of drug-likeness (QED) is 0.742. The van der Waals surface area contributed by atoms with Gasteiger partial charge < -0.3 is 9.84 Å². The maximum absolute atomic E-state index is 13.1. The highest BCUT2D eigenvalue weighted by atomic mass is 35.5. The molecule has 0 atom stereocenters. The second kappa shape index (κ2) is 5.88. The highest BCUT2D eigenvalue weighted by molar-refractivity contribution is 6.35. The zero-order valence-electron chi connectivity index (χ0n) is 13.4. The predicted octanol–water partition coefficient (Wildman–Crippen LogP) is 5.28. The van der Waals surface area contributed by atoms with Crippen molar-refractivity contribution in [2.75, 3.05) is 0 Å². The van der Waals surface area contributed by atoms with Gasteiger partial charge in [-0.1, -0.05) is 29.8 Å². The molecule has 1 saturated carbocycles. The number of halogens is 2. The van der Waals surface area contributed by atoms with Gasteiger partial charge in [0.1, 0.15) is 11.4 Å². The van der Waals surface area contributed by atoms with Crippen LogP contribution in [0.2, 0.25) is 5.02 Å². The average Bonchev–Trinajstić information content (AvgIpc) is 3.15. The van der Waals surface area contributed by atoms with Crippen LogP contribution in [0, 0.1) is 5.82 Å². The highest BCUT2D eigenvalue weighted by Crippen LogP contribution is 2.47. The van der Waals surface area contributed by atoms with Crippen LogP contribution in [0.3, 0.4) is 0 Å². The molecule has 0 bridgehead atoms. The number of carbonyl (C=O) groups is 1. The molecule has 1 fully saturated rings. The number of benzene rings is 2. The molecule has 0 saturated heterocycles. The SMILES string of the molecule is O=C1OC2(CCCC2)C(O)=C1c1cc(-c2ccc(F)cc2)ccc1Cl. The van der Waals surface area contributed by atoms with Crippen molar-refractivity contribution >= 4 is 23.1 Å². The Bertz CT molecular complexity index is 880. The summed E-state index contributed by atoms with van der Waals surface area (Å²) in [6.45, 7) is 0. The number of aliphatic hydroxyl groups excluding tert-OH is 1. The van der Waals surface area contributed by atoms with Gasteiger partial charge in [-0.15, -0.1) is 0 Å². The second-order valence-electron chi connectivity index (χ2n) is 6.52. The topological polar surface area (TPSA) is 46.5 Å². The van der Waals surface area contributed by atoms with Crippen molar-refractivity contribution in [3.63, 3.8) is 0 Å². The molecule has 1 spiro atoms. The molecule has 0 aromatic heterocycles. The molecule has 0 unspecified atom stereocenters. The Labute approximate surface area is 149 Å². The van der Waals surface area contributed by atoms with Gasteiger partial charge in [0.25, 0.3) is 0 Å². The molecule has 0 amide bonds. The van der Waals surface area contributed by atoms with Gasteiger partial charge in [-0.2, -0.15) is 0 Å². The Kier molecular flexibility index (Phi) is 3.80. The van der Waals surface area contributed by atoms with Crippen molar-refractivity contribution in [1.29, 1.82) is 0 Å². The Hall–Kier alpha value is -2.33. The molecule has 2 aliphatic rings. The fourth-order valence-corrected chi connectivity index (χ4v) is 3.87. The van der Waals surface area contributed by atoms with Crippen LogP contribution in [0.4, 0.5) is 4.39 Å². The first-order chi connectivity index (χ1) is 12.0. The summed E-state index contributed by atoms with van der Waals surface area (Å²) < 4.78 is 18.7. The molecule has 128 valence electrons. The standard InChI is InChI=1S/C20H16ClFO3/c21-16-8-5-13(12-3-6-14(22)7-4-12)11-15(16)17-18(23)20(25-19(17)24)9-1-2-10-20/h3-8,11,23H,1-2,9-10H2. The Morgan fingerprint density at radius 3 is 2.36 bits per heavy atom. The van der Waals surface area contributed by atoms with Gasteiger partial charge in [0.05, 0.1) is 0 Å². The van der Waals surface area contributed by atoms with E-state index in [0.717, 1.165) is 24.0 Å². The van der Waals surface area contributed by atoms with Crippen LogP contribution in [-0.4, -0.2) is 16.7 Å². The molecular formula is C20H16ClFO3. The van der Waals surface area contributed by atoms with Crippen molar-refractivity contribution in [1.82, 2.24) is 0 Å². The first-order valence-corrected chi connectivity index (χ1v) is 8.61. The summed E-state index contributed by atoms with van der Waals surface area (Å²) in [5.41, 5.74) is 1.26. The van der Waals surface area contributed by atoms with Gasteiger partial charge in [0.15, 0.2) is 11.4 Å². The summed E-state index contributed by atoms with van der Waals surface area (Å²) in [5, 5.41) is 11.1. The van der Waals surface area contributed by atoms with Crippen LogP contribution in [-0.2, 0) is 9.53 Å². The van der Waals surface area contributed by atoms with E-state index in [1.807, 2.05) is 0 Å². The maximum atomic E-state index is 13.1. The number of esters is 1. The monoisotopic (exact) mass is 358 g/mol. The molecule has 5 heteroatoms. The summed E-state index contributed by atoms with van der Waals surface area (Å²) in [6.07, 6.45) is 3.08. The molecule has 4 rings (SSSR count). The first-order valence-electron chi connectivity index (χ1n) is 8.23. The lowest BCUT2D eigenvalue weighted by Gasteiger charge is -2.21. The third-order valence-corrected chi connectivity index (χ3v) is 5.31. The summed E-state index contributed by atoms with van der Waals surface area (Å²) >= 11 is 6.30. The van der Waals surface area contributed by atoms with E-state index in [1.54, 1.807) is 30.3 Å². The first kappa shape index (κ1) is 16.2. The van der Waals surface area contributed by atoms with E-state index < -0.39 is 11.6 Å². The molecule has 1 heterocycles. The van der Waals surface area contributed by atoms with E-state index in [2.05, 4.69) is 0 Å². The number of aliphatic hydroxyl groups is 1. The lowest BCUT2D eigenvalue weighted by atomic mass is 9.94. The summed E-state index contributed by atoms with van der Waals surface area (Å²) in [5.74, 6) is -0.883. The molecule has 1 N–H and O–H groups in total. The van der Waals surface area contributed by atoms with E-state index in [1.165, 1.54) is 12.1 Å². The zero-order valence-corrected chi connectivity index (χ0v) is 14.1. The van der Waals surface area contributed by atoms with Crippen molar-refractivity contribution in [3.05, 3.63) is 64.6 Å². The predicted molar refractivity (Wildman–Crippen MR) is 93.7 cm³/mol. The van der Waals surface area contributed by atoms with Gasteiger partial charge >= 0.3 is 5.97 Å². The molecule has 2 aromatic rings. The lowest BCUT2D eigenvalue weighted by molar-refractivity contribution is -0.146. The lowest BCUT2D eigenvalue weighted by Crippen LogP contribution is -2.27. The summed E-state index contributed by atoms with van der Waals surface area (Å²) in [4.78, 5) is 12.4. The molecule has 3 nitrogen and oxygen atoms in total. The van der Waals surface area contributed by atoms with Crippen LogP contribution in [0.25, 0.3) is 16.7 Å². The van der Waals surface area contributed by atoms with Gasteiger partial charge in [0, 0.05) is 10.6 Å². The van der Waals surface area contributed by atoms with Crippen LogP contribution in [0.1, 0.15) is 31.2 Å². The number of ether oxygens (including phenoxy) is 1. The zero-order chi connectivity index (χ0) is 17.6. The minimum absolute atomic E-state index is 0.0202. The molecule has 1 aliphatic heterocycles. The minimum Gasteiger partial charge on any atom is -0.507 e. The van der Waals surface area contributed by atoms with E-state index >= 15 is 0 Å². The molecule has 2 aromatic carbocycles. The third kappa shape index (κ3) is 2.61. The Morgan fingerprint density at radius 2 is 1.68 bits per heavy atom. The summed E-state index contributed by atoms with van der Waals surface area (Å²) in [6, 6.07) is 11.3. The van der Waals surface area contributed by atoms with Crippen LogP contribution in [0.15, 0.2) is 48.2 Å². The maximum Gasteiger partial charge on any atom is 0.343 e. The van der Waals surface area contributed by atoms with Crippen molar-refractivity contribution in [2.24, 2.45) is 0 Å². The fraction of sp³-hybridized carbons (Fsp3) is 0.250. The average molecular weight is 359 g/mol. The third-order valence-electron chi connectivity index (χ3n) is 4.99. The number of rotatable bonds is 2. The minimum atomic E-state index is -0.887. The fourth-order valence-electron chi connectivity index (χ4n) is 3.66. The van der Waals surface area contributed by atoms with Crippen LogP contribution in [0.5, 0.6) is 0 Å². The van der Waals surface area contributed by atoms with E-state index in [0.29, 0.717) is 23.4 Å². The number of hydrogen-bond donors (Lipinski definition) is 1. The van der Waals surface area contributed by atoms with Crippen molar-refractivity contribution < 1.29 is 19.0 Å². The molecule has 0 radical (unpaired) electrons. The molecular weight excluding hydrogens is 343 g/mol. The Balaban J connectivity index is 1.82. The smallest absolute Gasteiger partial charge is 0.343 e. The van der Waals surface area contributed by atoms with Gasteiger partial charge in [0.2, 0.25) is 0 Å². The normalized spacial score (nSPS) is 18.9. The van der Waals surface area contributed by atoms with E-state index in [9.17, 15) is 14.3 Å². The van der Waals surface area contributed by atoms with E-state index in [4.69, 9.17) is 16.3 Å². The van der Waals surface area contributed by atoms with E-state index in [-0.39, 0.29) is 17.1 Å². The largest absolute Gasteiger partial charge is 0.507 e. The summed E-state index contributed by atoms with van der Waals surface area (Å²) in [7, 11) is 0. The van der Waals surface area contributed by atoms with Crippen molar-refractivity contribution in [3.8, 4) is 11.1 Å². The van der Waals surface area contributed by atoms with Crippen LogP contribution < -0.4 is 0 Å². The second-order valence-corrected chi connectivity index (χ2v) is 6.92. The highest BCUT2D eigenvalue weighted by Gasteiger charge is 2.50.